The summed E-state index contributed by atoms with van der Waals surface area (Å²) < 4.78 is 28.5. The molecule has 0 radical (unpaired) electrons. The summed E-state index contributed by atoms with van der Waals surface area (Å²) in [5.74, 6) is 0. The summed E-state index contributed by atoms with van der Waals surface area (Å²) in [7, 11) is -3.56. The van der Waals surface area contributed by atoms with E-state index in [1.165, 1.54) is 11.3 Å². The Bertz CT molecular complexity index is 782. The Labute approximate surface area is 148 Å². The average molecular weight is 416 g/mol. The molecule has 5 nitrogen and oxygen atoms in total. The summed E-state index contributed by atoms with van der Waals surface area (Å²) in [6.45, 7) is 5.76. The quantitative estimate of drug-likeness (QED) is 0.805. The molecule has 2 heterocycles. The van der Waals surface area contributed by atoms with Gasteiger partial charge in [-0.25, -0.2) is 8.42 Å². The summed E-state index contributed by atoms with van der Waals surface area (Å²) in [4.78, 5) is 3.24. The molecule has 1 aliphatic heterocycles. The van der Waals surface area contributed by atoms with Crippen molar-refractivity contribution in [1.82, 2.24) is 5.32 Å². The topological polar surface area (TPSA) is 61.4 Å². The molecule has 0 saturated carbocycles. The maximum absolute atomic E-state index is 12.5. The zero-order valence-electron chi connectivity index (χ0n) is 12.7. The van der Waals surface area contributed by atoms with Gasteiger partial charge in [-0.15, -0.1) is 11.3 Å². The van der Waals surface area contributed by atoms with Crippen molar-refractivity contribution in [3.8, 4) is 0 Å². The standard InChI is InChI=1S/C15H18BrN3O2S2/c1-11-10-14(16)15(22-11)23(20,21)18-12-2-4-13(5-3-12)19-8-6-17-7-9-19/h2-5,10,17-18H,6-9H2,1H3. The number of benzene rings is 1. The Balaban J connectivity index is 1.76. The highest BCUT2D eigenvalue weighted by Crippen LogP contribution is 2.32. The van der Waals surface area contributed by atoms with E-state index in [-0.39, 0.29) is 0 Å². The summed E-state index contributed by atoms with van der Waals surface area (Å²) in [5, 5.41) is 3.32. The van der Waals surface area contributed by atoms with E-state index in [4.69, 9.17) is 0 Å². The molecule has 1 saturated heterocycles. The van der Waals surface area contributed by atoms with Crippen LogP contribution in [0.5, 0.6) is 0 Å². The van der Waals surface area contributed by atoms with Gasteiger partial charge in [0.25, 0.3) is 10.0 Å². The first-order valence-electron chi connectivity index (χ1n) is 7.30. The predicted octanol–water partition coefficient (Wildman–Crippen LogP) is 3.03. The van der Waals surface area contributed by atoms with Gasteiger partial charge >= 0.3 is 0 Å². The Kier molecular flexibility index (Phi) is 4.96. The van der Waals surface area contributed by atoms with Crippen LogP contribution >= 0.6 is 27.3 Å². The summed E-state index contributed by atoms with van der Waals surface area (Å²) >= 11 is 4.56. The average Bonchev–Trinajstić information content (AvgIpc) is 2.88. The van der Waals surface area contributed by atoms with Crippen molar-refractivity contribution in [2.24, 2.45) is 0 Å². The molecule has 2 N–H and O–H groups in total. The van der Waals surface area contributed by atoms with Crippen LogP contribution in [0.25, 0.3) is 0 Å². The van der Waals surface area contributed by atoms with Crippen molar-refractivity contribution >= 4 is 48.7 Å². The van der Waals surface area contributed by atoms with Crippen molar-refractivity contribution in [3.63, 3.8) is 0 Å². The number of halogens is 1. The molecule has 1 fully saturated rings. The molecule has 0 aliphatic carbocycles. The largest absolute Gasteiger partial charge is 0.369 e. The highest BCUT2D eigenvalue weighted by Gasteiger charge is 2.20. The van der Waals surface area contributed by atoms with Crippen molar-refractivity contribution < 1.29 is 8.42 Å². The molecule has 0 amide bonds. The molecule has 124 valence electrons. The van der Waals surface area contributed by atoms with E-state index in [0.717, 1.165) is 36.7 Å². The van der Waals surface area contributed by atoms with E-state index < -0.39 is 10.0 Å². The van der Waals surface area contributed by atoms with Gasteiger partial charge in [-0.2, -0.15) is 0 Å². The molecule has 3 rings (SSSR count). The van der Waals surface area contributed by atoms with Crippen LogP contribution in [0, 0.1) is 6.92 Å². The number of anilines is 2. The second-order valence-corrected chi connectivity index (χ2v) is 9.37. The Morgan fingerprint density at radius 1 is 1.22 bits per heavy atom. The highest BCUT2D eigenvalue weighted by molar-refractivity contribution is 9.10. The van der Waals surface area contributed by atoms with Crippen molar-refractivity contribution in [1.29, 1.82) is 0 Å². The summed E-state index contributed by atoms with van der Waals surface area (Å²) in [6, 6.07) is 9.34. The number of piperazine rings is 1. The van der Waals surface area contributed by atoms with Crippen molar-refractivity contribution in [3.05, 3.63) is 39.7 Å². The number of rotatable bonds is 4. The lowest BCUT2D eigenvalue weighted by atomic mass is 10.2. The lowest BCUT2D eigenvalue weighted by Crippen LogP contribution is -2.43. The lowest BCUT2D eigenvalue weighted by Gasteiger charge is -2.29. The van der Waals surface area contributed by atoms with Crippen LogP contribution in [0.3, 0.4) is 0 Å². The van der Waals surface area contributed by atoms with Crippen LogP contribution in [0.2, 0.25) is 0 Å². The molecule has 23 heavy (non-hydrogen) atoms. The predicted molar refractivity (Wildman–Crippen MR) is 99.1 cm³/mol. The van der Waals surface area contributed by atoms with Crippen LogP contribution < -0.4 is 14.9 Å². The molecular formula is C15H18BrN3O2S2. The van der Waals surface area contributed by atoms with Crippen LogP contribution in [0.15, 0.2) is 39.0 Å². The molecule has 0 unspecified atom stereocenters. The van der Waals surface area contributed by atoms with Gasteiger partial charge in [0.2, 0.25) is 0 Å². The first-order chi connectivity index (χ1) is 11.0. The minimum absolute atomic E-state index is 0.307. The van der Waals surface area contributed by atoms with Gasteiger partial charge < -0.3 is 10.2 Å². The van der Waals surface area contributed by atoms with E-state index in [9.17, 15) is 8.42 Å². The SMILES string of the molecule is Cc1cc(Br)c(S(=O)(=O)Nc2ccc(N3CCNCC3)cc2)s1. The minimum Gasteiger partial charge on any atom is -0.369 e. The summed E-state index contributed by atoms with van der Waals surface area (Å²) in [5.41, 5.74) is 1.68. The van der Waals surface area contributed by atoms with Crippen molar-refractivity contribution in [2.45, 2.75) is 11.1 Å². The van der Waals surface area contributed by atoms with E-state index in [1.54, 1.807) is 0 Å². The van der Waals surface area contributed by atoms with Crippen molar-refractivity contribution in [2.75, 3.05) is 35.8 Å². The number of thiophene rings is 1. The van der Waals surface area contributed by atoms with Gasteiger partial charge in [-0.05, 0) is 53.2 Å². The molecule has 8 heteroatoms. The fourth-order valence-electron chi connectivity index (χ4n) is 2.51. The smallest absolute Gasteiger partial charge is 0.272 e. The van der Waals surface area contributed by atoms with E-state index in [0.29, 0.717) is 14.4 Å². The van der Waals surface area contributed by atoms with E-state index >= 15 is 0 Å². The van der Waals surface area contributed by atoms with E-state index in [1.807, 2.05) is 37.3 Å². The van der Waals surface area contributed by atoms with Crippen LogP contribution in [0.4, 0.5) is 11.4 Å². The molecule has 0 spiro atoms. The third-order valence-electron chi connectivity index (χ3n) is 3.62. The molecule has 1 aromatic heterocycles. The van der Waals surface area contributed by atoms with Gasteiger partial charge in [0.15, 0.2) is 4.21 Å². The lowest BCUT2D eigenvalue weighted by molar-refractivity contribution is 0.589. The Hall–Kier alpha value is -1.09. The number of nitrogens with zero attached hydrogens (tertiary/aromatic N) is 1. The third-order valence-corrected chi connectivity index (χ3v) is 7.74. The number of hydrogen-bond acceptors (Lipinski definition) is 5. The molecule has 1 aromatic carbocycles. The second kappa shape index (κ2) is 6.80. The maximum Gasteiger partial charge on any atom is 0.272 e. The number of aryl methyl sites for hydroxylation is 1. The van der Waals surface area contributed by atoms with Crippen LogP contribution in [-0.2, 0) is 10.0 Å². The number of nitrogens with one attached hydrogen (secondary N) is 2. The normalized spacial score (nSPS) is 15.7. The van der Waals surface area contributed by atoms with Gasteiger partial charge in [-0.3, -0.25) is 4.72 Å². The molecule has 1 aliphatic rings. The van der Waals surface area contributed by atoms with Gasteiger partial charge in [-0.1, -0.05) is 0 Å². The monoisotopic (exact) mass is 415 g/mol. The number of sulfonamides is 1. The fourth-order valence-corrected chi connectivity index (χ4v) is 6.33. The summed E-state index contributed by atoms with van der Waals surface area (Å²) in [6.07, 6.45) is 0. The maximum atomic E-state index is 12.5. The van der Waals surface area contributed by atoms with Gasteiger partial charge in [0, 0.05) is 46.9 Å². The third kappa shape index (κ3) is 3.88. The Morgan fingerprint density at radius 3 is 2.43 bits per heavy atom. The highest BCUT2D eigenvalue weighted by atomic mass is 79.9. The molecule has 0 atom stereocenters. The van der Waals surface area contributed by atoms with Gasteiger partial charge in [0.05, 0.1) is 0 Å². The molecular weight excluding hydrogens is 398 g/mol. The van der Waals surface area contributed by atoms with Crippen LogP contribution in [0.1, 0.15) is 4.88 Å². The number of hydrogen-bond donors (Lipinski definition) is 2. The van der Waals surface area contributed by atoms with Crippen LogP contribution in [-0.4, -0.2) is 34.6 Å². The first kappa shape index (κ1) is 16.8. The van der Waals surface area contributed by atoms with E-state index in [2.05, 4.69) is 30.9 Å². The Morgan fingerprint density at radius 2 is 1.87 bits per heavy atom. The molecule has 0 bridgehead atoms. The fraction of sp³-hybridized carbons (Fsp3) is 0.333. The molecule has 2 aromatic rings. The van der Waals surface area contributed by atoms with Gasteiger partial charge in [0.1, 0.15) is 0 Å². The zero-order valence-corrected chi connectivity index (χ0v) is 15.9. The first-order valence-corrected chi connectivity index (χ1v) is 10.4. The zero-order chi connectivity index (χ0) is 16.4. The second-order valence-electron chi connectivity index (χ2n) is 5.38. The minimum atomic E-state index is -3.56.